The summed E-state index contributed by atoms with van der Waals surface area (Å²) in [5, 5.41) is 0. The van der Waals surface area contributed by atoms with Crippen LogP contribution in [0.15, 0.2) is 4.60 Å². The SMILES string of the molecule is Cc1nc(Br)c(C(CN)N2CCCCC2)n1C. The standard InChI is InChI=1S/C12H21BrN4/c1-9-15-12(13)11(16(9)2)10(8-14)17-6-4-3-5-7-17/h10H,3-8,14H2,1-2H3. The van der Waals surface area contributed by atoms with E-state index in [4.69, 9.17) is 5.73 Å². The van der Waals surface area contributed by atoms with Gasteiger partial charge in [0.05, 0.1) is 11.7 Å². The van der Waals surface area contributed by atoms with Crippen molar-refractivity contribution in [3.05, 3.63) is 16.1 Å². The number of likely N-dealkylation sites (tertiary alicyclic amines) is 1. The average Bonchev–Trinajstić information content (AvgIpc) is 2.58. The van der Waals surface area contributed by atoms with E-state index in [1.165, 1.54) is 25.0 Å². The van der Waals surface area contributed by atoms with Crippen LogP contribution in [-0.4, -0.2) is 34.1 Å². The molecule has 0 spiro atoms. The van der Waals surface area contributed by atoms with Crippen LogP contribution in [0.3, 0.4) is 0 Å². The number of nitrogens with zero attached hydrogens (tertiary/aromatic N) is 3. The summed E-state index contributed by atoms with van der Waals surface area (Å²) in [5.41, 5.74) is 7.19. The third kappa shape index (κ3) is 2.56. The number of hydrogen-bond acceptors (Lipinski definition) is 3. The van der Waals surface area contributed by atoms with Crippen LogP contribution in [0, 0.1) is 6.92 Å². The van der Waals surface area contributed by atoms with E-state index in [1.807, 2.05) is 6.92 Å². The summed E-state index contributed by atoms with van der Waals surface area (Å²) >= 11 is 3.56. The highest BCUT2D eigenvalue weighted by atomic mass is 79.9. The van der Waals surface area contributed by atoms with Crippen LogP contribution in [0.1, 0.15) is 36.8 Å². The molecule has 0 radical (unpaired) electrons. The van der Waals surface area contributed by atoms with Gasteiger partial charge in [-0.15, -0.1) is 0 Å². The molecule has 1 aliphatic heterocycles. The maximum Gasteiger partial charge on any atom is 0.129 e. The molecule has 1 unspecified atom stereocenters. The Morgan fingerprint density at radius 1 is 1.35 bits per heavy atom. The summed E-state index contributed by atoms with van der Waals surface area (Å²) in [6.07, 6.45) is 3.91. The van der Waals surface area contributed by atoms with Gasteiger partial charge in [-0.3, -0.25) is 4.90 Å². The normalized spacial score (nSPS) is 19.5. The van der Waals surface area contributed by atoms with Gasteiger partial charge in [0, 0.05) is 13.6 Å². The highest BCUT2D eigenvalue weighted by Gasteiger charge is 2.26. The van der Waals surface area contributed by atoms with E-state index < -0.39 is 0 Å². The van der Waals surface area contributed by atoms with Crippen molar-refractivity contribution in [3.63, 3.8) is 0 Å². The highest BCUT2D eigenvalue weighted by molar-refractivity contribution is 9.10. The van der Waals surface area contributed by atoms with Gasteiger partial charge in [-0.2, -0.15) is 0 Å². The molecule has 1 atom stereocenters. The lowest BCUT2D eigenvalue weighted by Gasteiger charge is -2.34. The second-order valence-electron chi connectivity index (χ2n) is 4.74. The van der Waals surface area contributed by atoms with Crippen molar-refractivity contribution >= 4 is 15.9 Å². The van der Waals surface area contributed by atoms with Gasteiger partial charge in [-0.25, -0.2) is 4.98 Å². The molecule has 1 aliphatic rings. The zero-order chi connectivity index (χ0) is 12.4. The molecule has 0 bridgehead atoms. The van der Waals surface area contributed by atoms with Crippen LogP contribution >= 0.6 is 15.9 Å². The van der Waals surface area contributed by atoms with Gasteiger partial charge >= 0.3 is 0 Å². The lowest BCUT2D eigenvalue weighted by Crippen LogP contribution is -2.38. The van der Waals surface area contributed by atoms with Crippen molar-refractivity contribution in [2.45, 2.75) is 32.2 Å². The Labute approximate surface area is 111 Å². The van der Waals surface area contributed by atoms with Crippen LogP contribution in [0.2, 0.25) is 0 Å². The Morgan fingerprint density at radius 3 is 2.47 bits per heavy atom. The monoisotopic (exact) mass is 300 g/mol. The Morgan fingerprint density at radius 2 is 2.00 bits per heavy atom. The molecule has 2 heterocycles. The van der Waals surface area contributed by atoms with E-state index in [-0.39, 0.29) is 6.04 Å². The fourth-order valence-electron chi connectivity index (χ4n) is 2.61. The van der Waals surface area contributed by atoms with Gasteiger partial charge in [-0.1, -0.05) is 6.42 Å². The molecule has 1 saturated heterocycles. The molecule has 0 aromatic carbocycles. The predicted octanol–water partition coefficient (Wildman–Crippen LogP) is 1.98. The van der Waals surface area contributed by atoms with E-state index in [0.717, 1.165) is 23.5 Å². The number of piperidine rings is 1. The molecular weight excluding hydrogens is 280 g/mol. The molecule has 1 aromatic rings. The number of halogens is 1. The number of aromatic nitrogens is 2. The van der Waals surface area contributed by atoms with Gasteiger partial charge < -0.3 is 10.3 Å². The first-order chi connectivity index (χ1) is 8.15. The molecule has 17 heavy (non-hydrogen) atoms. The van der Waals surface area contributed by atoms with Crippen molar-refractivity contribution in [1.82, 2.24) is 14.5 Å². The topological polar surface area (TPSA) is 47.1 Å². The third-order valence-corrected chi connectivity index (χ3v) is 4.27. The molecule has 2 N–H and O–H groups in total. The summed E-state index contributed by atoms with van der Waals surface area (Å²) < 4.78 is 3.09. The predicted molar refractivity (Wildman–Crippen MR) is 72.9 cm³/mol. The summed E-state index contributed by atoms with van der Waals surface area (Å²) in [5.74, 6) is 1.03. The van der Waals surface area contributed by atoms with Gasteiger partial charge in [0.15, 0.2) is 0 Å². The maximum atomic E-state index is 5.98. The zero-order valence-electron chi connectivity index (χ0n) is 10.6. The van der Waals surface area contributed by atoms with Crippen LogP contribution < -0.4 is 5.73 Å². The first-order valence-corrected chi connectivity index (χ1v) is 7.07. The lowest BCUT2D eigenvalue weighted by molar-refractivity contribution is 0.162. The third-order valence-electron chi connectivity index (χ3n) is 3.69. The second-order valence-corrected chi connectivity index (χ2v) is 5.49. The van der Waals surface area contributed by atoms with Crippen molar-refractivity contribution in [1.29, 1.82) is 0 Å². The van der Waals surface area contributed by atoms with E-state index in [1.54, 1.807) is 0 Å². The minimum Gasteiger partial charge on any atom is -0.333 e. The van der Waals surface area contributed by atoms with Crippen LogP contribution in [0.4, 0.5) is 0 Å². The second kappa shape index (κ2) is 5.50. The largest absolute Gasteiger partial charge is 0.333 e. The van der Waals surface area contributed by atoms with E-state index in [2.05, 4.69) is 37.4 Å². The number of hydrogen-bond donors (Lipinski definition) is 1. The van der Waals surface area contributed by atoms with Crippen molar-refractivity contribution < 1.29 is 0 Å². The molecular formula is C12H21BrN4. The highest BCUT2D eigenvalue weighted by Crippen LogP contribution is 2.29. The number of imidazole rings is 1. The zero-order valence-corrected chi connectivity index (χ0v) is 12.2. The molecule has 1 fully saturated rings. The smallest absolute Gasteiger partial charge is 0.129 e. The minimum absolute atomic E-state index is 0.288. The fraction of sp³-hybridized carbons (Fsp3) is 0.750. The first-order valence-electron chi connectivity index (χ1n) is 6.28. The number of nitrogens with two attached hydrogens (primary N) is 1. The van der Waals surface area contributed by atoms with Gasteiger partial charge in [-0.05, 0) is 48.8 Å². The Kier molecular flexibility index (Phi) is 4.22. The lowest BCUT2D eigenvalue weighted by atomic mass is 10.1. The summed E-state index contributed by atoms with van der Waals surface area (Å²) in [4.78, 5) is 6.96. The van der Waals surface area contributed by atoms with Crippen LogP contribution in [-0.2, 0) is 7.05 Å². The molecule has 1 aromatic heterocycles. The molecule has 2 rings (SSSR count). The van der Waals surface area contributed by atoms with Crippen LogP contribution in [0.5, 0.6) is 0 Å². The number of aryl methyl sites for hydroxylation is 1. The molecule has 0 saturated carbocycles. The van der Waals surface area contributed by atoms with Crippen molar-refractivity contribution in [2.75, 3.05) is 19.6 Å². The Bertz CT molecular complexity index is 382. The minimum atomic E-state index is 0.288. The molecule has 96 valence electrons. The molecule has 0 aliphatic carbocycles. The number of rotatable bonds is 3. The van der Waals surface area contributed by atoms with Crippen molar-refractivity contribution in [3.8, 4) is 0 Å². The first kappa shape index (κ1) is 13.1. The van der Waals surface area contributed by atoms with Gasteiger partial charge in [0.2, 0.25) is 0 Å². The molecule has 0 amide bonds. The van der Waals surface area contributed by atoms with E-state index in [0.29, 0.717) is 6.54 Å². The maximum absolute atomic E-state index is 5.98. The molecule has 5 heteroatoms. The fourth-order valence-corrected chi connectivity index (χ4v) is 3.40. The quantitative estimate of drug-likeness (QED) is 0.928. The average molecular weight is 301 g/mol. The summed E-state index contributed by atoms with van der Waals surface area (Å²) in [6, 6.07) is 0.288. The van der Waals surface area contributed by atoms with E-state index in [9.17, 15) is 0 Å². The van der Waals surface area contributed by atoms with Crippen LogP contribution in [0.25, 0.3) is 0 Å². The molecule has 4 nitrogen and oxygen atoms in total. The Hall–Kier alpha value is -0.390. The van der Waals surface area contributed by atoms with Crippen molar-refractivity contribution in [2.24, 2.45) is 12.8 Å². The summed E-state index contributed by atoms with van der Waals surface area (Å²) in [6.45, 7) is 4.98. The Balaban J connectivity index is 2.27. The van der Waals surface area contributed by atoms with Gasteiger partial charge in [0.1, 0.15) is 10.4 Å². The van der Waals surface area contributed by atoms with Gasteiger partial charge in [0.25, 0.3) is 0 Å². The van der Waals surface area contributed by atoms with E-state index >= 15 is 0 Å². The summed E-state index contributed by atoms with van der Waals surface area (Å²) in [7, 11) is 2.06.